The van der Waals surface area contributed by atoms with E-state index in [9.17, 15) is 9.59 Å². The summed E-state index contributed by atoms with van der Waals surface area (Å²) in [6.45, 7) is 1.15. The lowest BCUT2D eigenvalue weighted by atomic mass is 10.1. The first kappa shape index (κ1) is 18.9. The van der Waals surface area contributed by atoms with Crippen LogP contribution in [0.15, 0.2) is 77.5 Å². The van der Waals surface area contributed by atoms with Crippen LogP contribution in [0.1, 0.15) is 27.3 Å². The van der Waals surface area contributed by atoms with Crippen LogP contribution in [0.2, 0.25) is 0 Å². The number of nitrogens with one attached hydrogen (secondary N) is 1. The van der Waals surface area contributed by atoms with Crippen molar-refractivity contribution in [2.24, 2.45) is 11.8 Å². The zero-order chi connectivity index (χ0) is 21.7. The third-order valence-electron chi connectivity index (χ3n) is 6.64. The quantitative estimate of drug-likeness (QED) is 0.530. The van der Waals surface area contributed by atoms with Gasteiger partial charge in [-0.05, 0) is 54.7 Å². The van der Waals surface area contributed by atoms with E-state index in [1.165, 1.54) is 0 Å². The maximum Gasteiger partial charge on any atom is 0.272 e. The van der Waals surface area contributed by atoms with Crippen molar-refractivity contribution in [3.8, 4) is 5.69 Å². The number of amides is 2. The van der Waals surface area contributed by atoms with Gasteiger partial charge in [-0.2, -0.15) is 5.10 Å². The van der Waals surface area contributed by atoms with Gasteiger partial charge in [0.1, 0.15) is 11.3 Å². The second-order valence-electron chi connectivity index (χ2n) is 8.50. The van der Waals surface area contributed by atoms with E-state index in [2.05, 4.69) is 10.4 Å². The number of nitrogens with zero attached hydrogens (tertiary/aromatic N) is 3. The Morgan fingerprint density at radius 3 is 2.81 bits per heavy atom. The second kappa shape index (κ2) is 7.37. The molecular formula is C25H22N4O3. The molecule has 1 saturated heterocycles. The molecule has 4 aromatic rings. The van der Waals surface area contributed by atoms with Crippen LogP contribution >= 0.6 is 0 Å². The Labute approximate surface area is 184 Å². The smallest absolute Gasteiger partial charge is 0.272 e. The maximum atomic E-state index is 13.5. The predicted octanol–water partition coefficient (Wildman–Crippen LogP) is 3.51. The number of carbonyl (C=O) groups is 2. The number of aromatic nitrogens is 2. The molecule has 1 saturated carbocycles. The molecule has 2 aliphatic rings. The number of fused-ring (bicyclic) bond motifs is 2. The molecule has 0 unspecified atom stereocenters. The lowest BCUT2D eigenvalue weighted by Crippen LogP contribution is -2.46. The van der Waals surface area contributed by atoms with Gasteiger partial charge in [0.2, 0.25) is 0 Å². The SMILES string of the molecule is O=C(NC[C@@H]1[C@@H]2C[C@@H]2CN1C(=O)c1ccnn1-c1ccccc1)c1cccc2occc12. The molecule has 1 aliphatic heterocycles. The topological polar surface area (TPSA) is 80.4 Å². The molecule has 2 amide bonds. The molecule has 2 aromatic carbocycles. The van der Waals surface area contributed by atoms with Crippen molar-refractivity contribution in [2.75, 3.05) is 13.1 Å². The van der Waals surface area contributed by atoms with Crippen LogP contribution in [0, 0.1) is 11.8 Å². The fourth-order valence-electron chi connectivity index (χ4n) is 4.94. The molecular weight excluding hydrogens is 404 g/mol. The fraction of sp³-hybridized carbons (Fsp3) is 0.240. The van der Waals surface area contributed by atoms with Crippen molar-refractivity contribution in [3.05, 3.63) is 84.4 Å². The van der Waals surface area contributed by atoms with Crippen LogP contribution in [0.3, 0.4) is 0 Å². The van der Waals surface area contributed by atoms with Gasteiger partial charge < -0.3 is 14.6 Å². The molecule has 160 valence electrons. The minimum atomic E-state index is -0.150. The third kappa shape index (κ3) is 3.09. The minimum absolute atomic E-state index is 0.0147. The number of hydrogen-bond donors (Lipinski definition) is 1. The van der Waals surface area contributed by atoms with Gasteiger partial charge in [0, 0.05) is 18.5 Å². The van der Waals surface area contributed by atoms with E-state index in [0.29, 0.717) is 35.2 Å². The monoisotopic (exact) mass is 426 g/mol. The van der Waals surface area contributed by atoms with Crippen molar-refractivity contribution < 1.29 is 14.0 Å². The van der Waals surface area contributed by atoms with E-state index < -0.39 is 0 Å². The van der Waals surface area contributed by atoms with Gasteiger partial charge in [-0.25, -0.2) is 4.68 Å². The average molecular weight is 426 g/mol. The van der Waals surface area contributed by atoms with Gasteiger partial charge >= 0.3 is 0 Å². The Morgan fingerprint density at radius 2 is 1.94 bits per heavy atom. The van der Waals surface area contributed by atoms with Crippen LogP contribution in [-0.4, -0.2) is 45.6 Å². The van der Waals surface area contributed by atoms with Crippen molar-refractivity contribution >= 4 is 22.8 Å². The molecule has 2 aromatic heterocycles. The summed E-state index contributed by atoms with van der Waals surface area (Å²) in [7, 11) is 0. The van der Waals surface area contributed by atoms with Crippen LogP contribution in [-0.2, 0) is 0 Å². The van der Waals surface area contributed by atoms with E-state index in [4.69, 9.17) is 4.42 Å². The number of hydrogen-bond acceptors (Lipinski definition) is 4. The van der Waals surface area contributed by atoms with E-state index in [-0.39, 0.29) is 17.9 Å². The zero-order valence-corrected chi connectivity index (χ0v) is 17.3. The van der Waals surface area contributed by atoms with E-state index in [1.54, 1.807) is 35.3 Å². The first-order valence-corrected chi connectivity index (χ1v) is 10.9. The summed E-state index contributed by atoms with van der Waals surface area (Å²) in [6, 6.07) is 18.6. The lowest BCUT2D eigenvalue weighted by molar-refractivity contribution is 0.0686. The molecule has 7 nitrogen and oxygen atoms in total. The number of para-hydroxylation sites is 1. The molecule has 3 heterocycles. The Kier molecular flexibility index (Phi) is 4.35. The van der Waals surface area contributed by atoms with Gasteiger partial charge in [0.05, 0.1) is 29.8 Å². The first-order chi connectivity index (χ1) is 15.7. The average Bonchev–Trinajstić information content (AvgIpc) is 3.21. The Bertz CT molecular complexity index is 1310. The fourth-order valence-corrected chi connectivity index (χ4v) is 4.94. The first-order valence-electron chi connectivity index (χ1n) is 10.9. The highest BCUT2D eigenvalue weighted by molar-refractivity contribution is 6.06. The largest absolute Gasteiger partial charge is 0.464 e. The molecule has 0 spiro atoms. The van der Waals surface area contributed by atoms with Gasteiger partial charge in [0.15, 0.2) is 0 Å². The summed E-state index contributed by atoms with van der Waals surface area (Å²) in [5.41, 5.74) is 2.66. The molecule has 0 bridgehead atoms. The highest BCUT2D eigenvalue weighted by Gasteiger charge is 2.54. The van der Waals surface area contributed by atoms with Crippen LogP contribution in [0.25, 0.3) is 16.7 Å². The van der Waals surface area contributed by atoms with E-state index >= 15 is 0 Å². The molecule has 2 fully saturated rings. The number of furan rings is 1. The van der Waals surface area contributed by atoms with Crippen molar-refractivity contribution in [2.45, 2.75) is 12.5 Å². The Balaban J connectivity index is 1.21. The second-order valence-corrected chi connectivity index (χ2v) is 8.50. The predicted molar refractivity (Wildman–Crippen MR) is 119 cm³/mol. The molecule has 6 rings (SSSR count). The van der Waals surface area contributed by atoms with Gasteiger partial charge in [-0.15, -0.1) is 0 Å². The number of piperidine rings is 1. The highest BCUT2D eigenvalue weighted by Crippen LogP contribution is 2.49. The van der Waals surface area contributed by atoms with Gasteiger partial charge in [-0.1, -0.05) is 24.3 Å². The molecule has 1 N–H and O–H groups in total. The number of rotatable bonds is 5. The Hall–Kier alpha value is -3.87. The summed E-state index contributed by atoms with van der Waals surface area (Å²) < 4.78 is 7.09. The molecule has 1 aliphatic carbocycles. The number of likely N-dealkylation sites (tertiary alicyclic amines) is 1. The summed E-state index contributed by atoms with van der Waals surface area (Å²) >= 11 is 0. The summed E-state index contributed by atoms with van der Waals surface area (Å²) in [5.74, 6) is 0.765. The van der Waals surface area contributed by atoms with Crippen molar-refractivity contribution in [1.29, 1.82) is 0 Å². The van der Waals surface area contributed by atoms with E-state index in [1.807, 2.05) is 47.4 Å². The molecule has 0 radical (unpaired) electrons. The standard InChI is InChI=1S/C25H22N4O3/c30-24(19-7-4-8-23-18(19)10-12-32-23)26-14-22-20-13-16(20)15-28(22)25(31)21-9-11-27-29(21)17-5-2-1-3-6-17/h1-12,16,20,22H,13-15H2,(H,26,30)/t16-,20-,22-/m1/s1. The minimum Gasteiger partial charge on any atom is -0.464 e. The van der Waals surface area contributed by atoms with Crippen LogP contribution < -0.4 is 5.32 Å². The van der Waals surface area contributed by atoms with Crippen molar-refractivity contribution in [3.63, 3.8) is 0 Å². The normalized spacial score (nSPS) is 21.5. The third-order valence-corrected chi connectivity index (χ3v) is 6.64. The summed E-state index contributed by atoms with van der Waals surface area (Å²) in [4.78, 5) is 28.3. The lowest BCUT2D eigenvalue weighted by Gasteiger charge is -2.28. The van der Waals surface area contributed by atoms with E-state index in [0.717, 1.165) is 24.0 Å². The molecule has 3 atom stereocenters. The summed E-state index contributed by atoms with van der Waals surface area (Å²) in [6.07, 6.45) is 4.35. The Morgan fingerprint density at radius 1 is 1.06 bits per heavy atom. The number of carbonyl (C=O) groups excluding carboxylic acids is 2. The zero-order valence-electron chi connectivity index (χ0n) is 17.3. The molecule has 7 heteroatoms. The number of benzene rings is 2. The molecule has 32 heavy (non-hydrogen) atoms. The highest BCUT2D eigenvalue weighted by atomic mass is 16.3. The van der Waals surface area contributed by atoms with Gasteiger partial charge in [0.25, 0.3) is 11.8 Å². The van der Waals surface area contributed by atoms with Crippen LogP contribution in [0.5, 0.6) is 0 Å². The maximum absolute atomic E-state index is 13.5. The van der Waals surface area contributed by atoms with Crippen LogP contribution in [0.4, 0.5) is 0 Å². The van der Waals surface area contributed by atoms with Crippen molar-refractivity contribution in [1.82, 2.24) is 20.0 Å². The summed E-state index contributed by atoms with van der Waals surface area (Å²) in [5, 5.41) is 8.21. The van der Waals surface area contributed by atoms with Gasteiger partial charge in [-0.3, -0.25) is 9.59 Å².